The quantitative estimate of drug-likeness (QED) is 0.481. The normalized spacial score (nSPS) is 9.89. The predicted octanol–water partition coefficient (Wildman–Crippen LogP) is 2.41. The average Bonchev–Trinajstić information content (AvgIpc) is 2.36. The fourth-order valence-electron chi connectivity index (χ4n) is 1.52. The molecule has 6 nitrogen and oxygen atoms in total. The Morgan fingerprint density at radius 2 is 1.95 bits per heavy atom. The number of nitrogen functional groups attached to an aromatic ring is 1. The van der Waals surface area contributed by atoms with E-state index in [1.807, 2.05) is 0 Å². The Labute approximate surface area is 107 Å². The van der Waals surface area contributed by atoms with Crippen molar-refractivity contribution in [1.29, 1.82) is 0 Å². The first-order valence-corrected chi connectivity index (χ1v) is 5.38. The molecule has 0 aliphatic carbocycles. The predicted molar refractivity (Wildman–Crippen MR) is 71.2 cm³/mol. The molecule has 0 bridgehead atoms. The Morgan fingerprint density at radius 1 is 1.16 bits per heavy atom. The molecule has 0 unspecified atom stereocenters. The molecule has 1 aromatic carbocycles. The average molecular weight is 258 g/mol. The molecular weight excluding hydrogens is 248 g/mol. The van der Waals surface area contributed by atoms with Crippen molar-refractivity contribution in [3.8, 4) is 0 Å². The molecule has 1 aromatic heterocycles. The second-order valence-electron chi connectivity index (χ2n) is 3.75. The molecule has 0 fully saturated rings. The summed E-state index contributed by atoms with van der Waals surface area (Å²) in [5, 5.41) is 11.0. The highest BCUT2D eigenvalue weighted by atomic mass is 16.6. The maximum atomic E-state index is 11.9. The molecule has 96 valence electrons. The third-order valence-electron chi connectivity index (χ3n) is 2.43. The highest BCUT2D eigenvalue weighted by Gasteiger charge is 2.01. The molecule has 2 aromatic rings. The van der Waals surface area contributed by atoms with Gasteiger partial charge in [-0.2, -0.15) is 0 Å². The molecule has 19 heavy (non-hydrogen) atoms. The van der Waals surface area contributed by atoms with Gasteiger partial charge in [0.1, 0.15) is 5.58 Å². The third-order valence-corrected chi connectivity index (χ3v) is 2.43. The van der Waals surface area contributed by atoms with Gasteiger partial charge >= 0.3 is 0 Å². The van der Waals surface area contributed by atoms with Gasteiger partial charge in [0.25, 0.3) is 5.69 Å². The van der Waals surface area contributed by atoms with E-state index in [2.05, 4.69) is 0 Å². The van der Waals surface area contributed by atoms with Gasteiger partial charge in [-0.1, -0.05) is 6.07 Å². The Kier molecular flexibility index (Phi) is 3.42. The first-order valence-electron chi connectivity index (χ1n) is 5.38. The van der Waals surface area contributed by atoms with Crippen molar-refractivity contribution in [1.82, 2.24) is 0 Å². The lowest BCUT2D eigenvalue weighted by molar-refractivity contribution is -0.384. The summed E-state index contributed by atoms with van der Waals surface area (Å²) in [6, 6.07) is 9.61. The minimum Gasteiger partial charge on any atom is -0.464 e. The van der Waals surface area contributed by atoms with Crippen LogP contribution in [0.3, 0.4) is 0 Å². The maximum Gasteiger partial charge on any atom is 0.272 e. The number of hydrogen-bond acceptors (Lipinski definition) is 5. The fraction of sp³-hybridized carbons (Fsp3) is 0. The highest BCUT2D eigenvalue weighted by molar-refractivity contribution is 5.78. The molecule has 0 saturated carbocycles. The second-order valence-corrected chi connectivity index (χ2v) is 3.75. The number of fused-ring (bicyclic) bond motifs is 1. The van der Waals surface area contributed by atoms with Crippen LogP contribution in [0.25, 0.3) is 11.0 Å². The summed E-state index contributed by atoms with van der Waals surface area (Å²) in [5.74, 6) is 0. The summed E-state index contributed by atoms with van der Waals surface area (Å²) in [5.41, 5.74) is 5.81. The smallest absolute Gasteiger partial charge is 0.272 e. The summed E-state index contributed by atoms with van der Waals surface area (Å²) in [7, 11) is 0. The first-order chi connectivity index (χ1) is 9.08. The highest BCUT2D eigenvalue weighted by Crippen LogP contribution is 2.13. The van der Waals surface area contributed by atoms with E-state index in [4.69, 9.17) is 10.2 Å². The number of nitrogens with zero attached hydrogens (tertiary/aromatic N) is 1. The second kappa shape index (κ2) is 5.18. The van der Waals surface area contributed by atoms with Crippen molar-refractivity contribution in [2.75, 3.05) is 5.73 Å². The fourth-order valence-corrected chi connectivity index (χ4v) is 1.52. The standard InChI is InChI=1S/C13H10N2O4/c14-9-4-5-11-12(16)3-1-2-10(15(17)18)6-7-19-13(11)8-9/h1-8H,14H2. The molecule has 0 amide bonds. The van der Waals surface area contributed by atoms with Crippen LogP contribution in [0.5, 0.6) is 0 Å². The first kappa shape index (κ1) is 12.6. The summed E-state index contributed by atoms with van der Waals surface area (Å²) >= 11 is 0. The van der Waals surface area contributed by atoms with Crippen LogP contribution in [0.1, 0.15) is 0 Å². The lowest BCUT2D eigenvalue weighted by Gasteiger charge is -1.94. The third kappa shape index (κ3) is 2.86. The molecule has 0 spiro atoms. The molecule has 0 saturated heterocycles. The molecule has 0 aliphatic heterocycles. The number of anilines is 1. The van der Waals surface area contributed by atoms with Crippen molar-refractivity contribution >= 4 is 22.3 Å². The van der Waals surface area contributed by atoms with Gasteiger partial charge in [-0.15, -0.1) is 0 Å². The van der Waals surface area contributed by atoms with E-state index in [0.29, 0.717) is 11.1 Å². The summed E-state index contributed by atoms with van der Waals surface area (Å²) in [6.45, 7) is 0. The van der Waals surface area contributed by atoms with E-state index in [1.165, 1.54) is 30.3 Å². The SMILES string of the molecule is Nc1ccc2c(=O)cccc([N+](=O)[O-])ccoc2c1. The molecule has 0 atom stereocenters. The van der Waals surface area contributed by atoms with Crippen LogP contribution in [0, 0.1) is 10.1 Å². The molecule has 2 rings (SSSR count). The maximum absolute atomic E-state index is 11.9. The van der Waals surface area contributed by atoms with Crippen LogP contribution < -0.4 is 11.2 Å². The van der Waals surface area contributed by atoms with E-state index >= 15 is 0 Å². The number of nitrogens with two attached hydrogens (primary N) is 1. The van der Waals surface area contributed by atoms with Crippen LogP contribution in [-0.2, 0) is 0 Å². The Balaban J connectivity index is 2.84. The van der Waals surface area contributed by atoms with Crippen LogP contribution in [0.2, 0.25) is 0 Å². The zero-order valence-electron chi connectivity index (χ0n) is 9.78. The van der Waals surface area contributed by atoms with Gasteiger partial charge in [-0.05, 0) is 18.2 Å². The van der Waals surface area contributed by atoms with Crippen molar-refractivity contribution in [3.63, 3.8) is 0 Å². The lowest BCUT2D eigenvalue weighted by atomic mass is 10.2. The Morgan fingerprint density at radius 3 is 2.68 bits per heavy atom. The molecular formula is C13H10N2O4. The van der Waals surface area contributed by atoms with Crippen LogP contribution >= 0.6 is 0 Å². The topological polar surface area (TPSA) is 99.4 Å². The van der Waals surface area contributed by atoms with Gasteiger partial charge in [-0.25, -0.2) is 0 Å². The van der Waals surface area contributed by atoms with Crippen molar-refractivity contribution in [3.05, 3.63) is 69.1 Å². The van der Waals surface area contributed by atoms with Gasteiger partial charge in [0.15, 0.2) is 5.43 Å². The van der Waals surface area contributed by atoms with Crippen molar-refractivity contribution in [2.45, 2.75) is 0 Å². The number of benzene rings is 1. The van der Waals surface area contributed by atoms with Gasteiger partial charge in [-0.3, -0.25) is 14.9 Å². The number of hydrogen-bond donors (Lipinski definition) is 1. The Hall–Kier alpha value is -2.89. The molecule has 0 aliphatic rings. The summed E-state index contributed by atoms with van der Waals surface area (Å²) < 4.78 is 5.24. The monoisotopic (exact) mass is 258 g/mol. The minimum atomic E-state index is -0.573. The minimum absolute atomic E-state index is 0.184. The zero-order valence-corrected chi connectivity index (χ0v) is 9.78. The van der Waals surface area contributed by atoms with Crippen LogP contribution in [0.15, 0.2) is 57.9 Å². The van der Waals surface area contributed by atoms with Gasteiger partial charge < -0.3 is 10.2 Å². The van der Waals surface area contributed by atoms with E-state index < -0.39 is 4.92 Å². The number of nitro groups is 1. The van der Waals surface area contributed by atoms with Crippen molar-refractivity contribution < 1.29 is 9.34 Å². The zero-order chi connectivity index (χ0) is 13.8. The van der Waals surface area contributed by atoms with Crippen LogP contribution in [0.4, 0.5) is 11.4 Å². The Bertz CT molecular complexity index is 751. The van der Waals surface area contributed by atoms with Gasteiger partial charge in [0.05, 0.1) is 22.6 Å². The molecule has 2 N–H and O–H groups in total. The van der Waals surface area contributed by atoms with Crippen LogP contribution in [-0.4, -0.2) is 4.92 Å². The lowest BCUT2D eigenvalue weighted by Crippen LogP contribution is -1.96. The molecule has 1 heterocycles. The summed E-state index contributed by atoms with van der Waals surface area (Å²) in [4.78, 5) is 22.0. The van der Waals surface area contributed by atoms with Gasteiger partial charge in [0, 0.05) is 17.8 Å². The van der Waals surface area contributed by atoms with E-state index in [1.54, 1.807) is 12.1 Å². The van der Waals surface area contributed by atoms with E-state index in [0.717, 1.165) is 6.26 Å². The van der Waals surface area contributed by atoms with Gasteiger partial charge in [0.2, 0.25) is 0 Å². The van der Waals surface area contributed by atoms with E-state index in [-0.39, 0.29) is 16.7 Å². The number of rotatable bonds is 1. The summed E-state index contributed by atoms with van der Waals surface area (Å²) in [6.07, 6.45) is 1.15. The molecule has 6 heteroatoms. The van der Waals surface area contributed by atoms with E-state index in [9.17, 15) is 14.9 Å². The largest absolute Gasteiger partial charge is 0.464 e. The molecule has 0 radical (unpaired) electrons. The van der Waals surface area contributed by atoms with Crippen molar-refractivity contribution in [2.24, 2.45) is 0 Å².